The SMILES string of the molecule is CSCCc1c(-c2ccccc2)c(-c2ccc(C)cc2F)nn1C[C@H]1CC[C@H](COCC(=O)O)CC1. The zero-order chi connectivity index (χ0) is 25.5. The molecule has 1 aliphatic carbocycles. The number of nitrogens with zero attached hydrogens (tertiary/aromatic N) is 2. The van der Waals surface area contributed by atoms with Crippen molar-refractivity contribution in [1.82, 2.24) is 9.78 Å². The normalized spacial score (nSPS) is 17.9. The Labute approximate surface area is 217 Å². The summed E-state index contributed by atoms with van der Waals surface area (Å²) in [7, 11) is 0. The molecule has 0 aliphatic heterocycles. The van der Waals surface area contributed by atoms with Crippen LogP contribution in [0.2, 0.25) is 0 Å². The van der Waals surface area contributed by atoms with E-state index in [1.165, 1.54) is 0 Å². The van der Waals surface area contributed by atoms with E-state index in [9.17, 15) is 4.79 Å². The van der Waals surface area contributed by atoms with E-state index >= 15 is 4.39 Å². The average Bonchev–Trinajstić information content (AvgIpc) is 3.21. The lowest BCUT2D eigenvalue weighted by atomic mass is 9.82. The van der Waals surface area contributed by atoms with Crippen molar-refractivity contribution in [1.29, 1.82) is 0 Å². The maximum absolute atomic E-state index is 15.2. The van der Waals surface area contributed by atoms with Crippen LogP contribution in [0.4, 0.5) is 4.39 Å². The van der Waals surface area contributed by atoms with Crippen molar-refractivity contribution in [3.05, 3.63) is 65.6 Å². The fraction of sp³-hybridized carbons (Fsp3) is 0.448. The maximum atomic E-state index is 15.2. The molecule has 1 fully saturated rings. The molecule has 1 saturated carbocycles. The van der Waals surface area contributed by atoms with E-state index in [0.29, 0.717) is 29.7 Å². The first kappa shape index (κ1) is 26.4. The van der Waals surface area contributed by atoms with Crippen LogP contribution in [-0.4, -0.2) is 46.1 Å². The Morgan fingerprint density at radius 2 is 1.86 bits per heavy atom. The number of carbonyl (C=O) groups is 1. The van der Waals surface area contributed by atoms with Gasteiger partial charge < -0.3 is 9.84 Å². The molecule has 1 heterocycles. The smallest absolute Gasteiger partial charge is 0.329 e. The number of hydrogen-bond acceptors (Lipinski definition) is 4. The van der Waals surface area contributed by atoms with Crippen molar-refractivity contribution in [3.63, 3.8) is 0 Å². The van der Waals surface area contributed by atoms with E-state index in [4.69, 9.17) is 14.9 Å². The fourth-order valence-corrected chi connectivity index (χ4v) is 5.55. The van der Waals surface area contributed by atoms with E-state index in [-0.39, 0.29) is 12.4 Å². The molecule has 4 rings (SSSR count). The van der Waals surface area contributed by atoms with Gasteiger partial charge >= 0.3 is 5.97 Å². The van der Waals surface area contributed by atoms with Crippen LogP contribution < -0.4 is 0 Å². The summed E-state index contributed by atoms with van der Waals surface area (Å²) in [5.41, 5.74) is 5.41. The number of thioether (sulfide) groups is 1. The molecule has 1 aliphatic rings. The second-order valence-corrected chi connectivity index (χ2v) is 10.7. The molecule has 0 saturated heterocycles. The van der Waals surface area contributed by atoms with Gasteiger partial charge in [-0.1, -0.05) is 36.4 Å². The van der Waals surface area contributed by atoms with Gasteiger partial charge in [-0.2, -0.15) is 16.9 Å². The van der Waals surface area contributed by atoms with E-state index in [0.717, 1.165) is 66.8 Å². The highest BCUT2D eigenvalue weighted by Gasteiger charge is 2.26. The quantitative estimate of drug-likeness (QED) is 0.320. The summed E-state index contributed by atoms with van der Waals surface area (Å²) in [6.07, 6.45) is 7.13. The Balaban J connectivity index is 1.63. The molecule has 192 valence electrons. The van der Waals surface area contributed by atoms with E-state index < -0.39 is 5.97 Å². The molecule has 5 nitrogen and oxygen atoms in total. The lowest BCUT2D eigenvalue weighted by Gasteiger charge is -2.28. The van der Waals surface area contributed by atoms with Crippen LogP contribution >= 0.6 is 11.8 Å². The first-order valence-electron chi connectivity index (χ1n) is 12.7. The van der Waals surface area contributed by atoms with Crippen LogP contribution in [0.25, 0.3) is 22.4 Å². The van der Waals surface area contributed by atoms with E-state index in [2.05, 4.69) is 23.1 Å². The van der Waals surface area contributed by atoms with Crippen molar-refractivity contribution in [3.8, 4) is 22.4 Å². The van der Waals surface area contributed by atoms with Gasteiger partial charge in [0.15, 0.2) is 0 Å². The van der Waals surface area contributed by atoms with E-state index in [1.54, 1.807) is 17.8 Å². The maximum Gasteiger partial charge on any atom is 0.329 e. The largest absolute Gasteiger partial charge is 0.480 e. The Kier molecular flexibility index (Phi) is 9.21. The molecule has 1 N–H and O–H groups in total. The molecule has 0 spiro atoms. The molecule has 0 bridgehead atoms. The minimum atomic E-state index is -0.921. The summed E-state index contributed by atoms with van der Waals surface area (Å²) < 4.78 is 22.6. The minimum absolute atomic E-state index is 0.230. The molecule has 7 heteroatoms. The number of aromatic nitrogens is 2. The Morgan fingerprint density at radius 1 is 1.14 bits per heavy atom. The van der Waals surface area contributed by atoms with Crippen molar-refractivity contribution in [2.45, 2.75) is 45.6 Å². The van der Waals surface area contributed by atoms with Crippen molar-refractivity contribution in [2.24, 2.45) is 11.8 Å². The fourth-order valence-electron chi connectivity index (χ4n) is 5.15. The van der Waals surface area contributed by atoms with Crippen LogP contribution in [0.1, 0.15) is 36.9 Å². The van der Waals surface area contributed by atoms with Crippen molar-refractivity contribution >= 4 is 17.7 Å². The number of rotatable bonds is 11. The summed E-state index contributed by atoms with van der Waals surface area (Å²) in [5.74, 6) is 0.694. The zero-order valence-electron chi connectivity index (χ0n) is 21.1. The third-order valence-electron chi connectivity index (χ3n) is 7.02. The summed E-state index contributed by atoms with van der Waals surface area (Å²) in [5, 5.41) is 13.9. The second-order valence-electron chi connectivity index (χ2n) is 9.74. The number of carboxylic acids is 1. The molecule has 0 atom stereocenters. The number of aliphatic carboxylic acids is 1. The minimum Gasteiger partial charge on any atom is -0.480 e. The van der Waals surface area contributed by atoms with Crippen LogP contribution in [0.15, 0.2) is 48.5 Å². The first-order chi connectivity index (χ1) is 17.5. The Morgan fingerprint density at radius 3 is 2.53 bits per heavy atom. The predicted octanol–water partition coefficient (Wildman–Crippen LogP) is 6.48. The number of carboxylic acid groups (broad SMARTS) is 1. The number of benzene rings is 2. The van der Waals surface area contributed by atoms with Gasteiger partial charge in [0.2, 0.25) is 0 Å². The van der Waals surface area contributed by atoms with Gasteiger partial charge in [0.1, 0.15) is 18.1 Å². The van der Waals surface area contributed by atoms with Crippen molar-refractivity contribution < 1.29 is 19.0 Å². The van der Waals surface area contributed by atoms with Crippen LogP contribution in [0, 0.1) is 24.6 Å². The molecule has 2 aromatic carbocycles. The summed E-state index contributed by atoms with van der Waals surface area (Å²) in [6, 6.07) is 15.6. The molecule has 0 unspecified atom stereocenters. The Hall–Kier alpha value is -2.64. The zero-order valence-corrected chi connectivity index (χ0v) is 21.9. The van der Waals surface area contributed by atoms with Gasteiger partial charge in [-0.05, 0) is 86.1 Å². The third kappa shape index (κ3) is 6.56. The number of halogens is 1. The lowest BCUT2D eigenvalue weighted by Crippen LogP contribution is -2.24. The van der Waals surface area contributed by atoms with Gasteiger partial charge in [-0.3, -0.25) is 4.68 Å². The van der Waals surface area contributed by atoms with Crippen LogP contribution in [0.5, 0.6) is 0 Å². The highest BCUT2D eigenvalue weighted by atomic mass is 32.2. The van der Waals surface area contributed by atoms with Crippen molar-refractivity contribution in [2.75, 3.05) is 25.2 Å². The number of aryl methyl sites for hydroxylation is 1. The monoisotopic (exact) mass is 510 g/mol. The molecular formula is C29H35FN2O3S. The molecule has 0 amide bonds. The molecule has 0 radical (unpaired) electrons. The van der Waals surface area contributed by atoms with Gasteiger partial charge in [0.05, 0.1) is 6.61 Å². The molecular weight excluding hydrogens is 475 g/mol. The second kappa shape index (κ2) is 12.5. The topological polar surface area (TPSA) is 64.4 Å². The summed E-state index contributed by atoms with van der Waals surface area (Å²) in [6.45, 7) is 2.98. The predicted molar refractivity (Wildman–Crippen MR) is 144 cm³/mol. The number of hydrogen-bond donors (Lipinski definition) is 1. The summed E-state index contributed by atoms with van der Waals surface area (Å²) >= 11 is 1.80. The van der Waals surface area contributed by atoms with Gasteiger partial charge in [-0.15, -0.1) is 0 Å². The van der Waals surface area contributed by atoms with Crippen LogP contribution in [-0.2, 0) is 22.5 Å². The Bertz CT molecular complexity index is 1160. The van der Waals surface area contributed by atoms with Gasteiger partial charge in [0.25, 0.3) is 0 Å². The number of ether oxygens (including phenoxy) is 1. The van der Waals surface area contributed by atoms with Gasteiger partial charge in [-0.25, -0.2) is 9.18 Å². The van der Waals surface area contributed by atoms with Gasteiger partial charge in [0, 0.05) is 23.4 Å². The average molecular weight is 511 g/mol. The van der Waals surface area contributed by atoms with Crippen LogP contribution in [0.3, 0.4) is 0 Å². The first-order valence-corrected chi connectivity index (χ1v) is 14.1. The highest BCUT2D eigenvalue weighted by Crippen LogP contribution is 2.38. The molecule has 36 heavy (non-hydrogen) atoms. The van der Waals surface area contributed by atoms with E-state index in [1.807, 2.05) is 37.3 Å². The molecule has 1 aromatic heterocycles. The molecule has 3 aromatic rings. The highest BCUT2D eigenvalue weighted by molar-refractivity contribution is 7.98. The lowest BCUT2D eigenvalue weighted by molar-refractivity contribution is -0.142. The third-order valence-corrected chi connectivity index (χ3v) is 7.63. The standard InChI is InChI=1S/C29H35FN2O3S/c1-20-8-13-24(25(30)16-20)29-28(23-6-4-3-5-7-23)26(14-15-36-2)32(31-29)17-21-9-11-22(12-10-21)18-35-19-27(33)34/h3-8,13,16,21-22H,9-12,14-15,17-19H2,1-2H3,(H,33,34)/t21-,22-. The summed E-state index contributed by atoms with van der Waals surface area (Å²) in [4.78, 5) is 10.7.